The maximum Gasteiger partial charge on any atom is 0.258 e. The molecule has 3 aromatic rings. The van der Waals surface area contributed by atoms with E-state index in [1.54, 1.807) is 12.1 Å². The summed E-state index contributed by atoms with van der Waals surface area (Å²) in [5.74, 6) is 1.37. The molecule has 1 aromatic heterocycles. The predicted molar refractivity (Wildman–Crippen MR) is 174 cm³/mol. The van der Waals surface area contributed by atoms with Crippen LogP contribution in [0.4, 0.5) is 0 Å². The van der Waals surface area contributed by atoms with Crippen LogP contribution in [0.1, 0.15) is 84.5 Å². The molecule has 1 aliphatic carbocycles. The van der Waals surface area contributed by atoms with Crippen LogP contribution >= 0.6 is 0 Å². The number of nitriles is 1. The van der Waals surface area contributed by atoms with E-state index in [2.05, 4.69) is 55.5 Å². The van der Waals surface area contributed by atoms with Crippen LogP contribution in [0.5, 0.6) is 5.75 Å². The summed E-state index contributed by atoms with van der Waals surface area (Å²) in [5, 5.41) is 14.1. The van der Waals surface area contributed by atoms with E-state index >= 15 is 0 Å². The van der Waals surface area contributed by atoms with Gasteiger partial charge in [-0.2, -0.15) is 10.2 Å². The monoisotopic (exact) mass is 622 g/mol. The second kappa shape index (κ2) is 12.6. The second-order valence-corrected chi connectivity index (χ2v) is 21.0. The third-order valence-electron chi connectivity index (χ3n) is 8.28. The molecular formula is C33H46N4O4SSi. The third kappa shape index (κ3) is 7.28. The zero-order valence-corrected chi connectivity index (χ0v) is 29.1. The SMILES string of the molecule is CC(C)Oc1ccc(-c2nc(-c3cccc4c3CC[C@@H]4N(CCO[Si](C)(C)C(C)(C)C)[S@](=O)C(C)(C)C)no2)cc1C#N. The topological polar surface area (TPSA) is 101 Å². The Morgan fingerprint density at radius 1 is 1.16 bits per heavy atom. The van der Waals surface area contributed by atoms with Crippen molar-refractivity contribution in [2.24, 2.45) is 0 Å². The summed E-state index contributed by atoms with van der Waals surface area (Å²) in [6, 6.07) is 13.7. The molecule has 2 aromatic carbocycles. The van der Waals surface area contributed by atoms with E-state index in [1.165, 1.54) is 0 Å². The lowest BCUT2D eigenvalue weighted by Gasteiger charge is -2.38. The van der Waals surface area contributed by atoms with E-state index in [-0.39, 0.29) is 17.2 Å². The summed E-state index contributed by atoms with van der Waals surface area (Å²) in [5.41, 5.74) is 4.29. The summed E-state index contributed by atoms with van der Waals surface area (Å²) >= 11 is 0. The average molecular weight is 623 g/mol. The summed E-state index contributed by atoms with van der Waals surface area (Å²) in [4.78, 5) is 4.72. The van der Waals surface area contributed by atoms with E-state index in [0.717, 1.165) is 29.5 Å². The Balaban J connectivity index is 1.62. The van der Waals surface area contributed by atoms with Gasteiger partial charge in [-0.1, -0.05) is 44.1 Å². The van der Waals surface area contributed by atoms with Crippen molar-refractivity contribution in [3.8, 4) is 34.7 Å². The fourth-order valence-electron chi connectivity index (χ4n) is 5.01. The van der Waals surface area contributed by atoms with Gasteiger partial charge in [0.15, 0.2) is 8.32 Å². The molecule has 0 spiro atoms. The van der Waals surface area contributed by atoms with E-state index in [0.29, 0.717) is 41.7 Å². The van der Waals surface area contributed by atoms with Gasteiger partial charge in [0.05, 0.1) is 16.4 Å². The van der Waals surface area contributed by atoms with Crippen LogP contribution in [0.25, 0.3) is 22.8 Å². The number of benzene rings is 2. The number of rotatable bonds is 10. The van der Waals surface area contributed by atoms with E-state index < -0.39 is 24.1 Å². The second-order valence-electron chi connectivity index (χ2n) is 14.0. The molecule has 8 nitrogen and oxygen atoms in total. The lowest BCUT2D eigenvalue weighted by molar-refractivity contribution is 0.230. The first kappa shape index (κ1) is 33.1. The van der Waals surface area contributed by atoms with Crippen LogP contribution in [-0.2, 0) is 21.8 Å². The summed E-state index contributed by atoms with van der Waals surface area (Å²) in [6.45, 7) is 22.3. The molecule has 43 heavy (non-hydrogen) atoms. The van der Waals surface area contributed by atoms with Crippen LogP contribution in [-0.4, -0.2) is 51.0 Å². The Kier molecular flexibility index (Phi) is 9.72. The highest BCUT2D eigenvalue weighted by atomic mass is 32.2. The van der Waals surface area contributed by atoms with E-state index in [1.807, 2.05) is 52.8 Å². The third-order valence-corrected chi connectivity index (χ3v) is 14.7. The van der Waals surface area contributed by atoms with Gasteiger partial charge in [0.1, 0.15) is 22.8 Å². The maximum absolute atomic E-state index is 13.9. The smallest absolute Gasteiger partial charge is 0.258 e. The Bertz CT molecular complexity index is 1510. The number of hydrogen-bond acceptors (Lipinski definition) is 7. The molecule has 0 radical (unpaired) electrons. The molecule has 4 rings (SSSR count). The molecule has 0 saturated heterocycles. The van der Waals surface area contributed by atoms with Gasteiger partial charge in [-0.25, -0.2) is 8.51 Å². The van der Waals surface area contributed by atoms with Crippen molar-refractivity contribution in [2.75, 3.05) is 13.2 Å². The molecule has 0 unspecified atom stereocenters. The molecule has 0 bridgehead atoms. The molecule has 2 atom stereocenters. The minimum Gasteiger partial charge on any atom is -0.490 e. The van der Waals surface area contributed by atoms with Crippen molar-refractivity contribution in [3.05, 3.63) is 53.1 Å². The van der Waals surface area contributed by atoms with E-state index in [4.69, 9.17) is 18.7 Å². The quantitative estimate of drug-likeness (QED) is 0.212. The van der Waals surface area contributed by atoms with Gasteiger partial charge in [0.25, 0.3) is 5.89 Å². The average Bonchev–Trinajstić information content (AvgIpc) is 3.57. The molecule has 0 fully saturated rings. The van der Waals surface area contributed by atoms with Gasteiger partial charge >= 0.3 is 0 Å². The highest BCUT2D eigenvalue weighted by Gasteiger charge is 2.39. The largest absolute Gasteiger partial charge is 0.490 e. The predicted octanol–water partition coefficient (Wildman–Crippen LogP) is 7.84. The summed E-state index contributed by atoms with van der Waals surface area (Å²) in [6.07, 6.45) is 1.63. The Morgan fingerprint density at radius 2 is 1.88 bits per heavy atom. The normalized spacial score (nSPS) is 16.4. The van der Waals surface area contributed by atoms with Gasteiger partial charge in [0.2, 0.25) is 5.82 Å². The van der Waals surface area contributed by atoms with Gasteiger partial charge in [0, 0.05) is 30.3 Å². The van der Waals surface area contributed by atoms with Gasteiger partial charge in [-0.05, 0) is 94.9 Å². The molecule has 232 valence electrons. The minimum absolute atomic E-state index is 0.00363. The Morgan fingerprint density at radius 3 is 2.51 bits per heavy atom. The number of nitrogens with zero attached hydrogens (tertiary/aromatic N) is 4. The minimum atomic E-state index is -1.94. The summed E-state index contributed by atoms with van der Waals surface area (Å²) < 4.78 is 33.6. The maximum atomic E-state index is 13.9. The first-order valence-corrected chi connectivity index (χ1v) is 19.0. The van der Waals surface area contributed by atoms with Crippen molar-refractivity contribution in [2.45, 2.75) is 103 Å². The highest BCUT2D eigenvalue weighted by Crippen LogP contribution is 2.42. The van der Waals surface area contributed by atoms with Crippen LogP contribution < -0.4 is 4.74 Å². The first-order valence-electron chi connectivity index (χ1n) is 15.0. The number of fused-ring (bicyclic) bond motifs is 1. The highest BCUT2D eigenvalue weighted by molar-refractivity contribution is 7.84. The number of aromatic nitrogens is 2. The summed E-state index contributed by atoms with van der Waals surface area (Å²) in [7, 11) is -3.16. The van der Waals surface area contributed by atoms with Crippen LogP contribution in [0, 0.1) is 11.3 Å². The van der Waals surface area contributed by atoms with Crippen molar-refractivity contribution in [3.63, 3.8) is 0 Å². The fraction of sp³-hybridized carbons (Fsp3) is 0.545. The first-order chi connectivity index (χ1) is 20.0. The van der Waals surface area contributed by atoms with Crippen molar-refractivity contribution in [1.29, 1.82) is 5.26 Å². The Labute approximate surface area is 260 Å². The number of hydrogen-bond donors (Lipinski definition) is 0. The zero-order valence-electron chi connectivity index (χ0n) is 27.3. The fourth-order valence-corrected chi connectivity index (χ4v) is 7.44. The molecular weight excluding hydrogens is 577 g/mol. The molecule has 10 heteroatoms. The molecule has 0 saturated carbocycles. The van der Waals surface area contributed by atoms with Crippen molar-refractivity contribution < 1.29 is 17.9 Å². The Hall–Kier alpha value is -2.84. The van der Waals surface area contributed by atoms with Gasteiger partial charge in [-0.3, -0.25) is 0 Å². The lowest BCUT2D eigenvalue weighted by Crippen LogP contribution is -2.45. The van der Waals surface area contributed by atoms with Crippen LogP contribution in [0.15, 0.2) is 40.9 Å². The van der Waals surface area contributed by atoms with E-state index in [9.17, 15) is 9.47 Å². The standard InChI is InChI=1S/C33H46N4O4SSi/c1-22(2)40-29-17-14-23(20-24(29)21-34)31-35-30(36-41-31)27-13-11-12-26-25(27)15-16-28(26)37(42(38)32(3,4)5)18-19-39-43(9,10)33(6,7)8/h11-14,17,20,22,28H,15-16,18-19H2,1-10H3/t28-,42+/m0/s1. The molecule has 1 heterocycles. The molecule has 0 N–H and O–H groups in total. The van der Waals surface area contributed by atoms with Gasteiger partial charge < -0.3 is 13.7 Å². The zero-order chi connectivity index (χ0) is 31.7. The van der Waals surface area contributed by atoms with Gasteiger partial charge in [-0.15, -0.1) is 0 Å². The molecule has 0 amide bonds. The van der Waals surface area contributed by atoms with Crippen molar-refractivity contribution in [1.82, 2.24) is 14.4 Å². The van der Waals surface area contributed by atoms with Crippen LogP contribution in [0.3, 0.4) is 0 Å². The molecule has 1 aliphatic rings. The van der Waals surface area contributed by atoms with Crippen LogP contribution in [0.2, 0.25) is 18.1 Å². The molecule has 0 aliphatic heterocycles. The lowest BCUT2D eigenvalue weighted by atomic mass is 10.0. The van der Waals surface area contributed by atoms with Crippen molar-refractivity contribution >= 4 is 19.3 Å². The number of ether oxygens (including phenoxy) is 1.